The minimum atomic E-state index is -0.804. The molecule has 0 amide bonds. The van der Waals surface area contributed by atoms with Crippen molar-refractivity contribution >= 4 is 0 Å². The summed E-state index contributed by atoms with van der Waals surface area (Å²) in [6.45, 7) is 4.15. The number of fused-ring (bicyclic) bond motifs is 1. The van der Waals surface area contributed by atoms with Gasteiger partial charge in [0.25, 0.3) is 0 Å². The van der Waals surface area contributed by atoms with E-state index in [0.29, 0.717) is 12.0 Å². The Bertz CT molecular complexity index is 979. The lowest BCUT2D eigenvalue weighted by atomic mass is 9.74. The SMILES string of the molecule is OC[C@@H]1[C@H](c2ccc(C#CC3(O)CCCC3)cc2)[C@@H]2CN(Cc3cncnc3)CCCCN12. The zero-order chi connectivity index (χ0) is 22.7. The van der Waals surface area contributed by atoms with Crippen LogP contribution in [-0.2, 0) is 6.54 Å². The van der Waals surface area contributed by atoms with Gasteiger partial charge in [-0.15, -0.1) is 0 Å². The summed E-state index contributed by atoms with van der Waals surface area (Å²) in [5, 5.41) is 20.7. The van der Waals surface area contributed by atoms with Crippen LogP contribution in [0.5, 0.6) is 0 Å². The summed E-state index contributed by atoms with van der Waals surface area (Å²) in [7, 11) is 0. The van der Waals surface area contributed by atoms with E-state index in [1.165, 1.54) is 12.0 Å². The maximum absolute atomic E-state index is 10.5. The van der Waals surface area contributed by atoms with Crippen molar-refractivity contribution in [1.29, 1.82) is 0 Å². The fourth-order valence-electron chi connectivity index (χ4n) is 5.89. The molecule has 0 radical (unpaired) electrons. The summed E-state index contributed by atoms with van der Waals surface area (Å²) in [4.78, 5) is 13.4. The summed E-state index contributed by atoms with van der Waals surface area (Å²) < 4.78 is 0. The van der Waals surface area contributed by atoms with Crippen LogP contribution in [0.4, 0.5) is 0 Å². The van der Waals surface area contributed by atoms with Crippen LogP contribution in [0.25, 0.3) is 0 Å². The van der Waals surface area contributed by atoms with Gasteiger partial charge in [0.05, 0.1) is 6.61 Å². The summed E-state index contributed by atoms with van der Waals surface area (Å²) in [5.74, 6) is 6.59. The predicted molar refractivity (Wildman–Crippen MR) is 127 cm³/mol. The Morgan fingerprint density at radius 3 is 2.45 bits per heavy atom. The van der Waals surface area contributed by atoms with Crippen molar-refractivity contribution in [2.75, 3.05) is 26.2 Å². The Morgan fingerprint density at radius 1 is 1.00 bits per heavy atom. The summed E-state index contributed by atoms with van der Waals surface area (Å²) in [6, 6.07) is 9.04. The third kappa shape index (κ3) is 4.97. The molecule has 3 fully saturated rings. The van der Waals surface area contributed by atoms with Gasteiger partial charge in [0.2, 0.25) is 0 Å². The van der Waals surface area contributed by atoms with Gasteiger partial charge in [-0.05, 0) is 69.3 Å². The molecule has 0 bridgehead atoms. The van der Waals surface area contributed by atoms with Crippen LogP contribution in [0.3, 0.4) is 0 Å². The van der Waals surface area contributed by atoms with E-state index in [4.69, 9.17) is 0 Å². The first-order chi connectivity index (χ1) is 16.1. The predicted octanol–water partition coefficient (Wildman–Crippen LogP) is 2.56. The van der Waals surface area contributed by atoms with Gasteiger partial charge in [0.15, 0.2) is 0 Å². The van der Waals surface area contributed by atoms with Crippen LogP contribution in [0.1, 0.15) is 61.1 Å². The van der Waals surface area contributed by atoms with Crippen LogP contribution in [-0.4, -0.2) is 73.9 Å². The first-order valence-corrected chi connectivity index (χ1v) is 12.3. The molecule has 174 valence electrons. The number of rotatable bonds is 4. The van der Waals surface area contributed by atoms with E-state index in [1.807, 2.05) is 12.4 Å². The lowest BCUT2D eigenvalue weighted by Crippen LogP contribution is -2.67. The molecule has 6 nitrogen and oxygen atoms in total. The Hall–Kier alpha value is -2.30. The summed E-state index contributed by atoms with van der Waals surface area (Å²) in [6.07, 6.45) is 11.4. The van der Waals surface area contributed by atoms with E-state index in [2.05, 4.69) is 55.9 Å². The molecule has 0 unspecified atom stereocenters. The highest BCUT2D eigenvalue weighted by molar-refractivity contribution is 5.40. The van der Waals surface area contributed by atoms with Crippen LogP contribution in [0.2, 0.25) is 0 Å². The van der Waals surface area contributed by atoms with Gasteiger partial charge in [-0.2, -0.15) is 0 Å². The lowest BCUT2D eigenvalue weighted by molar-refractivity contribution is -0.0655. The highest BCUT2D eigenvalue weighted by Gasteiger charge is 2.49. The molecule has 1 aromatic carbocycles. The topological polar surface area (TPSA) is 72.7 Å². The minimum Gasteiger partial charge on any atom is -0.395 e. The maximum Gasteiger partial charge on any atom is 0.125 e. The average Bonchev–Trinajstić information content (AvgIpc) is 3.26. The molecule has 1 saturated carbocycles. The summed E-state index contributed by atoms with van der Waals surface area (Å²) in [5.41, 5.74) is 2.55. The third-order valence-electron chi connectivity index (χ3n) is 7.64. The molecule has 1 aliphatic carbocycles. The molecule has 6 heteroatoms. The van der Waals surface area contributed by atoms with Crippen molar-refractivity contribution in [3.63, 3.8) is 0 Å². The van der Waals surface area contributed by atoms with Crippen LogP contribution in [0.15, 0.2) is 43.0 Å². The van der Waals surface area contributed by atoms with Gasteiger partial charge >= 0.3 is 0 Å². The van der Waals surface area contributed by atoms with E-state index in [0.717, 1.165) is 69.4 Å². The molecule has 2 N–H and O–H groups in total. The van der Waals surface area contributed by atoms with Crippen LogP contribution < -0.4 is 0 Å². The van der Waals surface area contributed by atoms with Gasteiger partial charge in [0.1, 0.15) is 11.9 Å². The Morgan fingerprint density at radius 2 is 1.73 bits per heavy atom. The van der Waals surface area contributed by atoms with Gasteiger partial charge in [0, 0.05) is 54.6 Å². The Balaban J connectivity index is 1.31. The molecule has 2 aromatic rings. The molecule has 0 spiro atoms. The van der Waals surface area contributed by atoms with Crippen molar-refractivity contribution in [2.24, 2.45) is 0 Å². The molecule has 3 heterocycles. The van der Waals surface area contributed by atoms with Gasteiger partial charge in [-0.3, -0.25) is 9.80 Å². The molecule has 1 aromatic heterocycles. The van der Waals surface area contributed by atoms with Crippen molar-refractivity contribution in [1.82, 2.24) is 19.8 Å². The molecule has 2 saturated heterocycles. The maximum atomic E-state index is 10.5. The Labute approximate surface area is 196 Å². The summed E-state index contributed by atoms with van der Waals surface area (Å²) >= 11 is 0. The fourth-order valence-corrected chi connectivity index (χ4v) is 5.89. The molecule has 33 heavy (non-hydrogen) atoms. The third-order valence-corrected chi connectivity index (χ3v) is 7.64. The van der Waals surface area contributed by atoms with Gasteiger partial charge < -0.3 is 10.2 Å². The normalized spacial score (nSPS) is 27.5. The number of hydrogen-bond acceptors (Lipinski definition) is 6. The average molecular weight is 447 g/mol. The molecule has 2 aliphatic heterocycles. The van der Waals surface area contributed by atoms with E-state index < -0.39 is 5.60 Å². The number of nitrogens with zero attached hydrogens (tertiary/aromatic N) is 4. The molecular weight excluding hydrogens is 412 g/mol. The zero-order valence-electron chi connectivity index (χ0n) is 19.2. The lowest BCUT2D eigenvalue weighted by Gasteiger charge is -2.57. The number of aromatic nitrogens is 2. The zero-order valence-corrected chi connectivity index (χ0v) is 19.2. The molecule has 3 atom stereocenters. The van der Waals surface area contributed by atoms with Crippen molar-refractivity contribution in [2.45, 2.75) is 68.7 Å². The monoisotopic (exact) mass is 446 g/mol. The minimum absolute atomic E-state index is 0.172. The smallest absolute Gasteiger partial charge is 0.125 e. The highest BCUT2D eigenvalue weighted by Crippen LogP contribution is 2.42. The van der Waals surface area contributed by atoms with Crippen LogP contribution in [0, 0.1) is 11.8 Å². The second kappa shape index (κ2) is 9.90. The number of aliphatic hydroxyl groups is 2. The second-order valence-corrected chi connectivity index (χ2v) is 9.88. The number of aliphatic hydroxyl groups excluding tert-OH is 1. The fraction of sp³-hybridized carbons (Fsp3) is 0.556. The van der Waals surface area contributed by atoms with E-state index in [1.54, 1.807) is 6.33 Å². The highest BCUT2D eigenvalue weighted by atomic mass is 16.3. The van der Waals surface area contributed by atoms with Crippen molar-refractivity contribution < 1.29 is 10.2 Å². The largest absolute Gasteiger partial charge is 0.395 e. The number of benzene rings is 1. The Kier molecular flexibility index (Phi) is 6.75. The van der Waals surface area contributed by atoms with Gasteiger partial charge in [-0.25, -0.2) is 9.97 Å². The van der Waals surface area contributed by atoms with E-state index in [-0.39, 0.29) is 12.6 Å². The van der Waals surface area contributed by atoms with E-state index in [9.17, 15) is 10.2 Å². The number of hydrogen-bond donors (Lipinski definition) is 2. The van der Waals surface area contributed by atoms with Crippen molar-refractivity contribution in [3.05, 3.63) is 59.7 Å². The van der Waals surface area contributed by atoms with Gasteiger partial charge in [-0.1, -0.05) is 24.0 Å². The molecular formula is C27H34N4O2. The quantitative estimate of drug-likeness (QED) is 0.704. The van der Waals surface area contributed by atoms with Crippen LogP contribution >= 0.6 is 0 Å². The molecule has 5 rings (SSSR count). The second-order valence-electron chi connectivity index (χ2n) is 9.88. The van der Waals surface area contributed by atoms with E-state index >= 15 is 0 Å². The van der Waals surface area contributed by atoms with Crippen molar-refractivity contribution in [3.8, 4) is 11.8 Å². The standard InChI is InChI=1S/C27H34N4O2/c32-19-25-26(23-7-5-21(6-8-23)9-12-27(33)10-1-2-11-27)24-18-30(13-3-4-14-31(24)25)17-22-15-28-20-29-16-22/h5-8,15-16,20,24-26,32-33H,1-4,10-11,13-14,17-19H2/t24-,25+,26+/m0/s1. The first-order valence-electron chi connectivity index (χ1n) is 12.3. The first kappa shape index (κ1) is 22.5. The molecule has 3 aliphatic rings.